The first-order valence-electron chi connectivity index (χ1n) is 10.0. The topological polar surface area (TPSA) is 84.2 Å². The van der Waals surface area contributed by atoms with E-state index in [-0.39, 0.29) is 29.6 Å². The van der Waals surface area contributed by atoms with Gasteiger partial charge < -0.3 is 10.6 Å². The lowest BCUT2D eigenvalue weighted by Gasteiger charge is -2.11. The van der Waals surface area contributed by atoms with E-state index in [1.807, 2.05) is 0 Å². The molecular formula is C22H17ClF6N6O. The zero-order valence-corrected chi connectivity index (χ0v) is 19.1. The molecule has 7 nitrogen and oxygen atoms in total. The molecule has 0 fully saturated rings. The van der Waals surface area contributed by atoms with E-state index in [0.29, 0.717) is 22.5 Å². The first kappa shape index (κ1) is 26.7. The van der Waals surface area contributed by atoms with Crippen LogP contribution >= 0.6 is 12.4 Å². The standard InChI is InChI=1S/C22H16F6N6O.ClH/c1-12-31-16(9-18(32-12)22(26,27)28)13-5-6-34-17(10-29-19(34)8-13)14-3-2-4-15(7-14)33-20(35)30-11-21(23,24)25;/h2-10H,11H2,1H3,(H2,30,33,35);1H. The predicted molar refractivity (Wildman–Crippen MR) is 122 cm³/mol. The van der Waals surface area contributed by atoms with E-state index in [0.717, 1.165) is 6.07 Å². The Labute approximate surface area is 206 Å². The quantitative estimate of drug-likeness (QED) is 0.322. The van der Waals surface area contributed by atoms with Crippen molar-refractivity contribution in [1.82, 2.24) is 24.7 Å². The lowest BCUT2D eigenvalue weighted by atomic mass is 10.1. The van der Waals surface area contributed by atoms with Crippen LogP contribution in [0.2, 0.25) is 0 Å². The molecule has 0 bridgehead atoms. The molecule has 14 heteroatoms. The number of aryl methyl sites for hydroxylation is 1. The van der Waals surface area contributed by atoms with Crippen LogP contribution in [-0.4, -0.2) is 38.1 Å². The normalized spacial score (nSPS) is 11.8. The predicted octanol–water partition coefficient (Wildman–Crippen LogP) is 5.89. The highest BCUT2D eigenvalue weighted by atomic mass is 35.5. The summed E-state index contributed by atoms with van der Waals surface area (Å²) in [6.07, 6.45) is -6.02. The number of alkyl halides is 6. The van der Waals surface area contributed by atoms with Crippen molar-refractivity contribution in [1.29, 1.82) is 0 Å². The number of nitrogens with one attached hydrogen (secondary N) is 2. The lowest BCUT2D eigenvalue weighted by Crippen LogP contribution is -2.36. The van der Waals surface area contributed by atoms with E-state index >= 15 is 0 Å². The van der Waals surface area contributed by atoms with Gasteiger partial charge in [-0.05, 0) is 37.3 Å². The van der Waals surface area contributed by atoms with Crippen LogP contribution < -0.4 is 10.6 Å². The number of hydrogen-bond donors (Lipinski definition) is 2. The van der Waals surface area contributed by atoms with Crippen LogP contribution in [-0.2, 0) is 6.18 Å². The summed E-state index contributed by atoms with van der Waals surface area (Å²) in [7, 11) is 0. The van der Waals surface area contributed by atoms with Crippen molar-refractivity contribution in [3.63, 3.8) is 0 Å². The van der Waals surface area contributed by atoms with E-state index in [2.05, 4.69) is 20.3 Å². The Morgan fingerprint density at radius 3 is 2.44 bits per heavy atom. The molecule has 4 rings (SSSR count). The van der Waals surface area contributed by atoms with Gasteiger partial charge in [0.25, 0.3) is 0 Å². The first-order valence-corrected chi connectivity index (χ1v) is 10.0. The highest BCUT2D eigenvalue weighted by Gasteiger charge is 2.33. The minimum Gasteiger partial charge on any atom is -0.329 e. The Kier molecular flexibility index (Phi) is 7.43. The minimum absolute atomic E-state index is 0. The van der Waals surface area contributed by atoms with Gasteiger partial charge in [0.15, 0.2) is 0 Å². The van der Waals surface area contributed by atoms with Crippen molar-refractivity contribution in [2.45, 2.75) is 19.3 Å². The number of imidazole rings is 1. The van der Waals surface area contributed by atoms with Gasteiger partial charge in [0.2, 0.25) is 0 Å². The number of halogens is 7. The molecule has 36 heavy (non-hydrogen) atoms. The zero-order valence-electron chi connectivity index (χ0n) is 18.3. The number of benzene rings is 1. The van der Waals surface area contributed by atoms with Crippen LogP contribution in [0.3, 0.4) is 0 Å². The largest absolute Gasteiger partial charge is 0.433 e. The minimum atomic E-state index is -4.62. The molecular weight excluding hydrogens is 514 g/mol. The number of fused-ring (bicyclic) bond motifs is 1. The number of pyridine rings is 1. The Morgan fingerprint density at radius 2 is 1.75 bits per heavy atom. The lowest BCUT2D eigenvalue weighted by molar-refractivity contribution is -0.141. The van der Waals surface area contributed by atoms with Crippen molar-refractivity contribution in [3.8, 4) is 22.5 Å². The first-order chi connectivity index (χ1) is 16.4. The van der Waals surface area contributed by atoms with E-state index in [4.69, 9.17) is 0 Å². The van der Waals surface area contributed by atoms with Crippen LogP contribution in [0.5, 0.6) is 0 Å². The Balaban J connectivity index is 0.00000361. The molecule has 0 saturated heterocycles. The van der Waals surface area contributed by atoms with Crippen molar-refractivity contribution >= 4 is 29.8 Å². The van der Waals surface area contributed by atoms with Gasteiger partial charge in [0.05, 0.1) is 17.6 Å². The van der Waals surface area contributed by atoms with Gasteiger partial charge in [-0.1, -0.05) is 12.1 Å². The van der Waals surface area contributed by atoms with E-state index in [1.54, 1.807) is 46.2 Å². The average molecular weight is 531 g/mol. The number of aromatic nitrogens is 4. The van der Waals surface area contributed by atoms with Gasteiger partial charge in [-0.3, -0.25) is 4.40 Å². The maximum atomic E-state index is 13.1. The summed E-state index contributed by atoms with van der Waals surface area (Å²) in [5.41, 5.74) is 1.30. The van der Waals surface area contributed by atoms with E-state index in [9.17, 15) is 31.1 Å². The zero-order chi connectivity index (χ0) is 25.4. The number of urea groups is 1. The highest BCUT2D eigenvalue weighted by Crippen LogP contribution is 2.31. The summed E-state index contributed by atoms with van der Waals surface area (Å²) in [6, 6.07) is 9.36. The fourth-order valence-electron chi connectivity index (χ4n) is 3.33. The SMILES string of the molecule is Cc1nc(-c2ccn3c(-c4cccc(NC(=O)NCC(F)(F)F)c4)cnc3c2)cc(C(F)(F)F)n1.Cl. The number of carbonyl (C=O) groups excluding carboxylic acids is 1. The Bertz CT molecular complexity index is 1400. The second-order valence-corrected chi connectivity index (χ2v) is 7.47. The summed E-state index contributed by atoms with van der Waals surface area (Å²) in [5, 5.41) is 4.05. The molecule has 0 saturated carbocycles. The third-order valence-electron chi connectivity index (χ3n) is 4.80. The van der Waals surface area contributed by atoms with Crippen LogP contribution in [0.25, 0.3) is 28.2 Å². The third kappa shape index (κ3) is 6.22. The monoisotopic (exact) mass is 530 g/mol. The van der Waals surface area contributed by atoms with E-state index in [1.165, 1.54) is 19.2 Å². The molecule has 0 radical (unpaired) electrons. The molecule has 2 amide bonds. The summed E-state index contributed by atoms with van der Waals surface area (Å²) >= 11 is 0. The number of anilines is 1. The molecule has 2 N–H and O–H groups in total. The molecule has 0 aliphatic rings. The molecule has 3 aromatic heterocycles. The van der Waals surface area contributed by atoms with Gasteiger partial charge in [-0.2, -0.15) is 26.3 Å². The van der Waals surface area contributed by atoms with Crippen molar-refractivity contribution in [2.24, 2.45) is 0 Å². The molecule has 0 unspecified atom stereocenters. The van der Waals surface area contributed by atoms with Gasteiger partial charge in [0.1, 0.15) is 23.7 Å². The number of rotatable bonds is 4. The molecule has 0 atom stereocenters. The van der Waals surface area contributed by atoms with Gasteiger partial charge in [-0.15, -0.1) is 12.4 Å². The van der Waals surface area contributed by atoms with Gasteiger partial charge >= 0.3 is 18.4 Å². The number of nitrogens with zero attached hydrogens (tertiary/aromatic N) is 4. The Morgan fingerprint density at radius 1 is 1.00 bits per heavy atom. The van der Waals surface area contributed by atoms with Crippen molar-refractivity contribution in [3.05, 3.63) is 66.4 Å². The number of hydrogen-bond acceptors (Lipinski definition) is 4. The maximum absolute atomic E-state index is 13.1. The van der Waals surface area contributed by atoms with Crippen LogP contribution in [0, 0.1) is 6.92 Å². The summed E-state index contributed by atoms with van der Waals surface area (Å²) < 4.78 is 77.9. The second-order valence-electron chi connectivity index (χ2n) is 7.47. The smallest absolute Gasteiger partial charge is 0.329 e. The molecule has 190 valence electrons. The molecule has 3 heterocycles. The molecule has 4 aromatic rings. The van der Waals surface area contributed by atoms with Crippen LogP contribution in [0.1, 0.15) is 11.5 Å². The third-order valence-corrected chi connectivity index (χ3v) is 4.80. The van der Waals surface area contributed by atoms with Crippen molar-refractivity contribution < 1.29 is 31.1 Å². The summed E-state index contributed by atoms with van der Waals surface area (Å²) in [4.78, 5) is 23.6. The fraction of sp³-hybridized carbons (Fsp3) is 0.182. The summed E-state index contributed by atoms with van der Waals surface area (Å²) in [6.45, 7) is -0.0975. The second kappa shape index (κ2) is 10.0. The van der Waals surface area contributed by atoms with Crippen LogP contribution in [0.4, 0.5) is 36.8 Å². The van der Waals surface area contributed by atoms with Gasteiger partial charge in [-0.25, -0.2) is 19.7 Å². The molecule has 0 aliphatic heterocycles. The summed E-state index contributed by atoms with van der Waals surface area (Å²) in [5.74, 6) is -0.0256. The molecule has 0 aliphatic carbocycles. The number of carbonyl (C=O) groups is 1. The number of amides is 2. The average Bonchev–Trinajstić information content (AvgIpc) is 3.20. The molecule has 0 spiro atoms. The maximum Gasteiger partial charge on any atom is 0.433 e. The fourth-order valence-corrected chi connectivity index (χ4v) is 3.33. The van der Waals surface area contributed by atoms with Crippen LogP contribution in [0.15, 0.2) is 54.9 Å². The van der Waals surface area contributed by atoms with Crippen molar-refractivity contribution in [2.75, 3.05) is 11.9 Å². The van der Waals surface area contributed by atoms with Gasteiger partial charge in [0, 0.05) is 23.0 Å². The molecule has 1 aromatic carbocycles. The Hall–Kier alpha value is -3.87. The van der Waals surface area contributed by atoms with E-state index < -0.39 is 30.6 Å². The highest BCUT2D eigenvalue weighted by molar-refractivity contribution is 5.90.